The van der Waals surface area contributed by atoms with Gasteiger partial charge in [-0.15, -0.1) is 0 Å². The number of aromatic amines is 1. The Hall–Kier alpha value is -4.11. The monoisotopic (exact) mass is 647 g/mol. The first-order chi connectivity index (χ1) is 21.4. The molecule has 0 bridgehead atoms. The van der Waals surface area contributed by atoms with E-state index in [0.29, 0.717) is 44.2 Å². The van der Waals surface area contributed by atoms with Gasteiger partial charge >= 0.3 is 12.2 Å². The number of halogens is 4. The van der Waals surface area contributed by atoms with E-state index in [-0.39, 0.29) is 57.4 Å². The summed E-state index contributed by atoms with van der Waals surface area (Å²) in [6, 6.07) is 4.49. The molecule has 0 radical (unpaired) electrons. The molecule has 0 unspecified atom stereocenters. The minimum Gasteiger partial charge on any atom is -0.335 e. The first-order valence-electron chi connectivity index (χ1n) is 14.8. The van der Waals surface area contributed by atoms with Crippen LogP contribution in [0, 0.1) is 5.92 Å². The van der Waals surface area contributed by atoms with Crippen LogP contribution in [-0.4, -0.2) is 85.7 Å². The van der Waals surface area contributed by atoms with Gasteiger partial charge in [-0.1, -0.05) is 11.6 Å². The molecule has 0 atom stereocenters. The minimum atomic E-state index is -4.69. The zero-order valence-electron chi connectivity index (χ0n) is 24.5. The molecular formula is C29H33ClF3N9O3. The lowest BCUT2D eigenvalue weighted by molar-refractivity contribution is -0.140. The SMILES string of the molecule is Cn1c(-c2c(C(F)(F)F)n[nH]c2CC2CC2)cnc1C(=O)Nc1ccc(C(=O)N2CCN(C(=O)NC3CC(N)C3)CC2)c(Cl)c1. The van der Waals surface area contributed by atoms with Crippen molar-refractivity contribution >= 4 is 35.1 Å². The van der Waals surface area contributed by atoms with Crippen LogP contribution in [0.25, 0.3) is 11.3 Å². The van der Waals surface area contributed by atoms with Crippen LogP contribution >= 0.6 is 11.6 Å². The van der Waals surface area contributed by atoms with E-state index in [1.54, 1.807) is 9.80 Å². The standard InChI is InChI=1S/C29H33ClF3N9O3/c1-40-22(23-21(10-15-2-3-15)38-39-24(23)29(31,32)33)14-35-25(40)26(43)36-17-4-5-19(20(30)13-17)27(44)41-6-8-42(9-7-41)28(45)37-18-11-16(34)12-18/h4-5,13-16,18H,2-3,6-12,34H2,1H3,(H,36,43)(H,37,45)(H,38,39). The third-order valence-corrected chi connectivity index (χ3v) is 8.87. The highest BCUT2D eigenvalue weighted by atomic mass is 35.5. The molecule has 45 heavy (non-hydrogen) atoms. The maximum Gasteiger partial charge on any atom is 0.435 e. The van der Waals surface area contributed by atoms with Gasteiger partial charge in [-0.2, -0.15) is 18.3 Å². The normalized spacial score (nSPS) is 20.1. The summed E-state index contributed by atoms with van der Waals surface area (Å²) in [6.07, 6.45) is 0.370. The average Bonchev–Trinajstić information content (AvgIpc) is 3.56. The molecule has 1 saturated heterocycles. The molecule has 240 valence electrons. The molecule has 1 aromatic carbocycles. The summed E-state index contributed by atoms with van der Waals surface area (Å²) in [6.45, 7) is 1.42. The highest BCUT2D eigenvalue weighted by Crippen LogP contribution is 2.41. The van der Waals surface area contributed by atoms with E-state index in [1.807, 2.05) is 0 Å². The Morgan fingerprint density at radius 2 is 1.80 bits per heavy atom. The number of aromatic nitrogens is 4. The van der Waals surface area contributed by atoms with Gasteiger partial charge < -0.3 is 30.7 Å². The zero-order chi connectivity index (χ0) is 32.0. The van der Waals surface area contributed by atoms with Crippen LogP contribution in [0.4, 0.5) is 23.7 Å². The summed E-state index contributed by atoms with van der Waals surface area (Å²) in [5, 5.41) is 11.8. The number of urea groups is 1. The van der Waals surface area contributed by atoms with E-state index < -0.39 is 17.8 Å². The Bertz CT molecular complexity index is 1620. The number of H-pyrrole nitrogens is 1. The van der Waals surface area contributed by atoms with E-state index in [0.717, 1.165) is 25.7 Å². The van der Waals surface area contributed by atoms with Crippen LogP contribution in [0.15, 0.2) is 24.4 Å². The third kappa shape index (κ3) is 6.50. The molecule has 2 aromatic heterocycles. The first kappa shape index (κ1) is 30.9. The molecular weight excluding hydrogens is 615 g/mol. The maximum absolute atomic E-state index is 13.8. The van der Waals surface area contributed by atoms with E-state index in [1.165, 1.54) is 36.0 Å². The zero-order valence-corrected chi connectivity index (χ0v) is 25.2. The van der Waals surface area contributed by atoms with Gasteiger partial charge in [0, 0.05) is 56.7 Å². The van der Waals surface area contributed by atoms with Crippen LogP contribution < -0.4 is 16.4 Å². The van der Waals surface area contributed by atoms with Gasteiger partial charge in [0.1, 0.15) is 0 Å². The van der Waals surface area contributed by atoms with Crippen molar-refractivity contribution in [2.75, 3.05) is 31.5 Å². The number of alkyl halides is 3. The topological polar surface area (TPSA) is 154 Å². The van der Waals surface area contributed by atoms with Gasteiger partial charge in [-0.25, -0.2) is 9.78 Å². The fraction of sp³-hybridized carbons (Fsp3) is 0.483. The van der Waals surface area contributed by atoms with E-state index in [9.17, 15) is 27.6 Å². The molecule has 3 aromatic rings. The van der Waals surface area contributed by atoms with Crippen LogP contribution in [0.5, 0.6) is 0 Å². The number of hydrogen-bond donors (Lipinski definition) is 4. The summed E-state index contributed by atoms with van der Waals surface area (Å²) in [5.41, 5.74) is 5.59. The quantitative estimate of drug-likeness (QED) is 0.307. The van der Waals surface area contributed by atoms with Crippen LogP contribution in [0.1, 0.15) is 58.0 Å². The fourth-order valence-corrected chi connectivity index (χ4v) is 6.01. The van der Waals surface area contributed by atoms with Gasteiger partial charge in [0.05, 0.1) is 28.0 Å². The summed E-state index contributed by atoms with van der Waals surface area (Å²) >= 11 is 6.45. The Morgan fingerprint density at radius 3 is 2.42 bits per heavy atom. The largest absolute Gasteiger partial charge is 0.435 e. The Kier molecular flexibility index (Phi) is 8.24. The van der Waals surface area contributed by atoms with Crippen molar-refractivity contribution in [2.45, 2.75) is 50.4 Å². The number of hydrogen-bond acceptors (Lipinski definition) is 6. The van der Waals surface area contributed by atoms with E-state index >= 15 is 0 Å². The highest BCUT2D eigenvalue weighted by molar-refractivity contribution is 6.34. The maximum atomic E-state index is 13.8. The number of nitrogens with two attached hydrogens (primary N) is 1. The van der Waals surface area contributed by atoms with Crippen molar-refractivity contribution in [3.05, 3.63) is 52.2 Å². The molecule has 6 rings (SSSR count). The fourth-order valence-electron chi connectivity index (χ4n) is 5.75. The van der Waals surface area contributed by atoms with Crippen molar-refractivity contribution in [2.24, 2.45) is 18.7 Å². The van der Waals surface area contributed by atoms with Crippen molar-refractivity contribution < 1.29 is 27.6 Å². The second-order valence-corrected chi connectivity index (χ2v) is 12.3. The number of rotatable bonds is 7. The van der Waals surface area contributed by atoms with Crippen molar-refractivity contribution in [1.82, 2.24) is 34.9 Å². The number of anilines is 1. The summed E-state index contributed by atoms with van der Waals surface area (Å²) in [5.74, 6) is -0.791. The lowest BCUT2D eigenvalue weighted by Crippen LogP contribution is -2.57. The van der Waals surface area contributed by atoms with Crippen LogP contribution in [-0.2, 0) is 19.6 Å². The number of carbonyl (C=O) groups excluding carboxylic acids is 3. The third-order valence-electron chi connectivity index (χ3n) is 8.56. The molecule has 2 aliphatic carbocycles. The van der Waals surface area contributed by atoms with Crippen molar-refractivity contribution in [1.29, 1.82) is 0 Å². The number of piperazine rings is 1. The number of carbonyl (C=O) groups is 3. The molecule has 16 heteroatoms. The molecule has 3 aliphatic rings. The Morgan fingerprint density at radius 1 is 1.11 bits per heavy atom. The van der Waals surface area contributed by atoms with Gasteiger partial charge in [-0.3, -0.25) is 14.7 Å². The predicted molar refractivity (Wildman–Crippen MR) is 159 cm³/mol. The van der Waals surface area contributed by atoms with Gasteiger partial charge in [0.25, 0.3) is 11.8 Å². The van der Waals surface area contributed by atoms with Gasteiger partial charge in [0.15, 0.2) is 11.5 Å². The summed E-state index contributed by atoms with van der Waals surface area (Å²) in [4.78, 5) is 46.2. The van der Waals surface area contributed by atoms with Crippen molar-refractivity contribution in [3.8, 4) is 11.3 Å². The summed E-state index contributed by atoms with van der Waals surface area (Å²) in [7, 11) is 1.46. The molecule has 5 N–H and O–H groups in total. The van der Waals surface area contributed by atoms with E-state index in [4.69, 9.17) is 17.3 Å². The molecule has 1 aliphatic heterocycles. The summed E-state index contributed by atoms with van der Waals surface area (Å²) < 4.78 is 42.7. The minimum absolute atomic E-state index is 0.0907. The molecule has 3 fully saturated rings. The second-order valence-electron chi connectivity index (χ2n) is 11.9. The Balaban J connectivity index is 1.10. The molecule has 2 saturated carbocycles. The Labute approximate surface area is 261 Å². The van der Waals surface area contributed by atoms with Gasteiger partial charge in [-0.05, 0) is 56.2 Å². The lowest BCUT2D eigenvalue weighted by Gasteiger charge is -2.38. The molecule has 4 amide bonds. The molecule has 3 heterocycles. The van der Waals surface area contributed by atoms with Crippen LogP contribution in [0.3, 0.4) is 0 Å². The average molecular weight is 648 g/mol. The van der Waals surface area contributed by atoms with Crippen molar-refractivity contribution in [3.63, 3.8) is 0 Å². The molecule has 0 spiro atoms. The van der Waals surface area contributed by atoms with Gasteiger partial charge in [0.2, 0.25) is 0 Å². The number of amides is 4. The highest BCUT2D eigenvalue weighted by Gasteiger charge is 2.40. The molecule has 12 nitrogen and oxygen atoms in total. The number of nitrogens with zero attached hydrogens (tertiary/aromatic N) is 5. The second kappa shape index (κ2) is 12.0. The number of nitrogens with one attached hydrogen (secondary N) is 3. The van der Waals surface area contributed by atoms with E-state index in [2.05, 4.69) is 25.8 Å². The number of imidazole rings is 1. The first-order valence-corrected chi connectivity index (χ1v) is 15.1. The smallest absolute Gasteiger partial charge is 0.335 e. The predicted octanol–water partition coefficient (Wildman–Crippen LogP) is 3.64. The lowest BCUT2D eigenvalue weighted by atomic mass is 9.88. The van der Waals surface area contributed by atoms with Crippen LogP contribution in [0.2, 0.25) is 5.02 Å². The number of benzene rings is 1.